The number of aliphatic hydroxyl groups is 1. The fraction of sp³-hybridized carbons (Fsp3) is 0.421. The molecule has 0 radical (unpaired) electrons. The third kappa shape index (κ3) is 5.45. The number of esters is 1. The number of aryl methyl sites for hydroxylation is 1. The summed E-state index contributed by atoms with van der Waals surface area (Å²) >= 11 is 0. The SMILES string of the molecule is CCOC(=O)/C(N=NC1CC1)=C(O)/C(=C/N(C)C)c1ccc(C)cc1. The van der Waals surface area contributed by atoms with E-state index >= 15 is 0 Å². The molecule has 25 heavy (non-hydrogen) atoms. The average Bonchev–Trinajstić information content (AvgIpc) is 3.38. The van der Waals surface area contributed by atoms with Gasteiger partial charge in [-0.3, -0.25) is 0 Å². The molecular weight excluding hydrogens is 318 g/mol. The fourth-order valence-electron chi connectivity index (χ4n) is 2.10. The van der Waals surface area contributed by atoms with Crippen LogP contribution in [0.4, 0.5) is 0 Å². The first-order valence-corrected chi connectivity index (χ1v) is 8.39. The van der Waals surface area contributed by atoms with Crippen molar-refractivity contribution in [2.75, 3.05) is 20.7 Å². The van der Waals surface area contributed by atoms with Crippen LogP contribution in [-0.2, 0) is 9.53 Å². The summed E-state index contributed by atoms with van der Waals surface area (Å²) in [6, 6.07) is 7.81. The van der Waals surface area contributed by atoms with Crippen molar-refractivity contribution in [1.29, 1.82) is 0 Å². The Bertz CT molecular complexity index is 699. The molecule has 0 aromatic heterocycles. The van der Waals surface area contributed by atoms with Gasteiger partial charge in [0.2, 0.25) is 5.70 Å². The lowest BCUT2D eigenvalue weighted by molar-refractivity contribution is -0.138. The predicted molar refractivity (Wildman–Crippen MR) is 97.0 cm³/mol. The lowest BCUT2D eigenvalue weighted by Gasteiger charge is -2.14. The van der Waals surface area contributed by atoms with Crippen LogP contribution in [0.5, 0.6) is 0 Å². The topological polar surface area (TPSA) is 74.5 Å². The molecule has 0 atom stereocenters. The highest BCUT2D eigenvalue weighted by Gasteiger charge is 2.24. The van der Waals surface area contributed by atoms with Gasteiger partial charge in [0, 0.05) is 25.9 Å². The maximum absolute atomic E-state index is 12.3. The van der Waals surface area contributed by atoms with Crippen LogP contribution in [-0.4, -0.2) is 42.7 Å². The van der Waals surface area contributed by atoms with E-state index in [9.17, 15) is 9.90 Å². The van der Waals surface area contributed by atoms with E-state index in [4.69, 9.17) is 4.74 Å². The van der Waals surface area contributed by atoms with E-state index in [1.807, 2.05) is 45.3 Å². The van der Waals surface area contributed by atoms with E-state index in [2.05, 4.69) is 10.2 Å². The summed E-state index contributed by atoms with van der Waals surface area (Å²) in [5, 5.41) is 18.9. The van der Waals surface area contributed by atoms with Crippen LogP contribution in [0.15, 0.2) is 52.2 Å². The van der Waals surface area contributed by atoms with Crippen molar-refractivity contribution in [3.63, 3.8) is 0 Å². The number of hydrogen-bond donors (Lipinski definition) is 1. The largest absolute Gasteiger partial charge is 0.505 e. The van der Waals surface area contributed by atoms with Crippen molar-refractivity contribution in [2.24, 2.45) is 10.2 Å². The van der Waals surface area contributed by atoms with Crippen LogP contribution in [0.25, 0.3) is 5.57 Å². The number of nitrogens with zero attached hydrogens (tertiary/aromatic N) is 3. The van der Waals surface area contributed by atoms with E-state index in [0.29, 0.717) is 5.57 Å². The Hall–Kier alpha value is -2.63. The highest BCUT2D eigenvalue weighted by atomic mass is 16.5. The second-order valence-corrected chi connectivity index (χ2v) is 6.24. The number of rotatable bonds is 7. The van der Waals surface area contributed by atoms with Crippen molar-refractivity contribution >= 4 is 11.5 Å². The Morgan fingerprint density at radius 2 is 1.96 bits per heavy atom. The van der Waals surface area contributed by atoms with Crippen molar-refractivity contribution in [3.8, 4) is 0 Å². The first-order chi connectivity index (χ1) is 11.9. The van der Waals surface area contributed by atoms with Gasteiger partial charge in [0.15, 0.2) is 5.76 Å². The zero-order valence-electron chi connectivity index (χ0n) is 15.2. The van der Waals surface area contributed by atoms with Crippen molar-refractivity contribution in [2.45, 2.75) is 32.7 Å². The van der Waals surface area contributed by atoms with Gasteiger partial charge in [-0.25, -0.2) is 4.79 Å². The third-order valence-electron chi connectivity index (χ3n) is 3.57. The summed E-state index contributed by atoms with van der Waals surface area (Å²) in [4.78, 5) is 14.1. The molecule has 0 saturated heterocycles. The van der Waals surface area contributed by atoms with E-state index < -0.39 is 5.97 Å². The Balaban J connectivity index is 2.50. The molecule has 0 amide bonds. The van der Waals surface area contributed by atoms with Gasteiger partial charge in [-0.1, -0.05) is 29.8 Å². The molecule has 2 rings (SSSR count). The Labute approximate surface area is 148 Å². The average molecular weight is 343 g/mol. The van der Waals surface area contributed by atoms with E-state index in [-0.39, 0.29) is 24.1 Å². The monoisotopic (exact) mass is 343 g/mol. The highest BCUT2D eigenvalue weighted by Crippen LogP contribution is 2.28. The maximum Gasteiger partial charge on any atom is 0.362 e. The van der Waals surface area contributed by atoms with Crippen LogP contribution in [0.3, 0.4) is 0 Å². The molecule has 1 saturated carbocycles. The minimum Gasteiger partial charge on any atom is -0.505 e. The number of benzene rings is 1. The van der Waals surface area contributed by atoms with Gasteiger partial charge in [-0.15, -0.1) is 5.11 Å². The van der Waals surface area contributed by atoms with Gasteiger partial charge in [0.05, 0.1) is 12.6 Å². The molecule has 0 unspecified atom stereocenters. The molecule has 0 bridgehead atoms. The Kier molecular flexibility index (Phi) is 6.33. The van der Waals surface area contributed by atoms with E-state index in [1.165, 1.54) is 0 Å². The molecule has 134 valence electrons. The Morgan fingerprint density at radius 3 is 2.48 bits per heavy atom. The van der Waals surface area contributed by atoms with Crippen LogP contribution in [0, 0.1) is 6.92 Å². The predicted octanol–water partition coefficient (Wildman–Crippen LogP) is 3.84. The van der Waals surface area contributed by atoms with Gasteiger partial charge in [-0.05, 0) is 32.3 Å². The van der Waals surface area contributed by atoms with Crippen LogP contribution in [0.2, 0.25) is 0 Å². The molecule has 0 aliphatic heterocycles. The smallest absolute Gasteiger partial charge is 0.362 e. The number of aliphatic hydroxyl groups excluding tert-OH is 1. The standard InChI is InChI=1S/C19H25N3O3/c1-5-25-19(24)17(21-20-15-10-11-15)18(23)16(12-22(3)4)14-8-6-13(2)7-9-14/h6-9,12,15,23H,5,10-11H2,1-4H3/b16-12+,18-17+,21-20?. The summed E-state index contributed by atoms with van der Waals surface area (Å²) in [6.07, 6.45) is 3.66. The van der Waals surface area contributed by atoms with Crippen LogP contribution >= 0.6 is 0 Å². The summed E-state index contributed by atoms with van der Waals surface area (Å²) < 4.78 is 5.04. The van der Waals surface area contributed by atoms with Crippen LogP contribution in [0.1, 0.15) is 30.9 Å². The zero-order valence-corrected chi connectivity index (χ0v) is 15.2. The first kappa shape index (κ1) is 18.7. The second kappa shape index (κ2) is 8.46. The number of carbonyl (C=O) groups excluding carboxylic acids is 1. The number of azo groups is 1. The number of hydrogen-bond acceptors (Lipinski definition) is 6. The quantitative estimate of drug-likeness (QED) is 0.268. The third-order valence-corrected chi connectivity index (χ3v) is 3.57. The maximum atomic E-state index is 12.3. The molecule has 1 N–H and O–H groups in total. The molecule has 6 nitrogen and oxygen atoms in total. The minimum atomic E-state index is -0.679. The van der Waals surface area contributed by atoms with Gasteiger partial charge >= 0.3 is 5.97 Å². The molecule has 1 aliphatic carbocycles. The van der Waals surface area contributed by atoms with Gasteiger partial charge in [0.25, 0.3) is 0 Å². The summed E-state index contributed by atoms with van der Waals surface area (Å²) in [5.74, 6) is -0.915. The molecule has 0 heterocycles. The van der Waals surface area contributed by atoms with E-state index in [0.717, 1.165) is 24.0 Å². The van der Waals surface area contributed by atoms with Crippen molar-refractivity contribution < 1.29 is 14.6 Å². The highest BCUT2D eigenvalue weighted by molar-refractivity contribution is 5.93. The fourth-order valence-corrected chi connectivity index (χ4v) is 2.10. The first-order valence-electron chi connectivity index (χ1n) is 8.39. The molecule has 1 fully saturated rings. The number of ether oxygens (including phenoxy) is 1. The van der Waals surface area contributed by atoms with Gasteiger partial charge in [-0.2, -0.15) is 5.11 Å². The normalized spacial score (nSPS) is 15.9. The zero-order chi connectivity index (χ0) is 18.4. The molecule has 1 aromatic carbocycles. The lowest BCUT2D eigenvalue weighted by atomic mass is 10.0. The molecular formula is C19H25N3O3. The van der Waals surface area contributed by atoms with Gasteiger partial charge in [0.1, 0.15) is 0 Å². The molecule has 6 heteroatoms. The van der Waals surface area contributed by atoms with Crippen molar-refractivity contribution in [3.05, 3.63) is 53.0 Å². The van der Waals surface area contributed by atoms with Crippen LogP contribution < -0.4 is 0 Å². The molecule has 1 aliphatic rings. The van der Waals surface area contributed by atoms with Gasteiger partial charge < -0.3 is 14.7 Å². The lowest BCUT2D eigenvalue weighted by Crippen LogP contribution is -2.11. The second-order valence-electron chi connectivity index (χ2n) is 6.24. The Morgan fingerprint density at radius 1 is 1.32 bits per heavy atom. The summed E-state index contributed by atoms with van der Waals surface area (Å²) in [6.45, 7) is 3.90. The summed E-state index contributed by atoms with van der Waals surface area (Å²) in [5.41, 5.74) is 2.21. The molecule has 0 spiro atoms. The van der Waals surface area contributed by atoms with Crippen molar-refractivity contribution in [1.82, 2.24) is 4.90 Å². The summed E-state index contributed by atoms with van der Waals surface area (Å²) in [7, 11) is 3.69. The minimum absolute atomic E-state index is 0.137. The number of allylic oxidation sites excluding steroid dienone is 1. The molecule has 1 aromatic rings. The van der Waals surface area contributed by atoms with E-state index in [1.54, 1.807) is 18.0 Å². The number of carbonyl (C=O) groups is 1.